The van der Waals surface area contributed by atoms with Gasteiger partial charge in [0.25, 0.3) is 0 Å². The van der Waals surface area contributed by atoms with Gasteiger partial charge >= 0.3 is 23.1 Å². The van der Waals surface area contributed by atoms with Crippen molar-refractivity contribution in [2.75, 3.05) is 0 Å². The Morgan fingerprint density at radius 1 is 1.00 bits per heavy atom. The minimum atomic E-state index is 0. The van der Waals surface area contributed by atoms with E-state index < -0.39 is 0 Å². The van der Waals surface area contributed by atoms with Crippen LogP contribution in [0.5, 0.6) is 0 Å². The van der Waals surface area contributed by atoms with Gasteiger partial charge < -0.3 is 0 Å². The maximum absolute atomic E-state index is 0. The molecule has 0 aromatic carbocycles. The molecule has 2 radical (unpaired) electrons. The summed E-state index contributed by atoms with van der Waals surface area (Å²) in [7, 11) is 0. The Morgan fingerprint density at radius 3 is 1.00 bits per heavy atom. The van der Waals surface area contributed by atoms with Crippen LogP contribution in [0.3, 0.4) is 0 Å². The molecule has 0 heterocycles. The topological polar surface area (TPSA) is 0 Å². The Labute approximate surface area is 75.1 Å². The van der Waals surface area contributed by atoms with Gasteiger partial charge in [-0.25, -0.2) is 0 Å². The van der Waals surface area contributed by atoms with E-state index in [1.807, 2.05) is 0 Å². The van der Waals surface area contributed by atoms with Gasteiger partial charge in [0.15, 0.2) is 0 Å². The molecule has 0 spiro atoms. The van der Waals surface area contributed by atoms with Crippen LogP contribution >= 0.6 is 0 Å². The summed E-state index contributed by atoms with van der Waals surface area (Å²) in [6.07, 6.45) is 0. The Balaban J connectivity index is 0. The Hall–Kier alpha value is 2.40. The van der Waals surface area contributed by atoms with Crippen LogP contribution < -0.4 is 0 Å². The molecule has 0 aromatic rings. The van der Waals surface area contributed by atoms with E-state index in [0.29, 0.717) is 0 Å². The second-order valence-electron chi connectivity index (χ2n) is 0. The molecule has 0 nitrogen and oxygen atoms in total. The van der Waals surface area contributed by atoms with E-state index in [4.69, 9.17) is 0 Å². The standard InChI is InChI=1S/Cr.Mg.Mn.V.2H. The predicted molar refractivity (Wildman–Crippen MR) is 8.54 cm³/mol. The molecule has 0 bridgehead atoms. The van der Waals surface area contributed by atoms with Crippen molar-refractivity contribution in [2.45, 2.75) is 0 Å². The zero-order chi connectivity index (χ0) is 0. The fourth-order valence-corrected chi connectivity index (χ4v) is 0. The van der Waals surface area contributed by atoms with Crippen LogP contribution in [0.2, 0.25) is 0 Å². The van der Waals surface area contributed by atoms with E-state index in [0.717, 1.165) is 0 Å². The molecule has 0 aliphatic rings. The summed E-state index contributed by atoms with van der Waals surface area (Å²) >= 11 is 0. The molecule has 0 aromatic heterocycles. The molecule has 0 atom stereocenters. The molecule has 0 N–H and O–H groups in total. The van der Waals surface area contributed by atoms with Crippen LogP contribution in [0.4, 0.5) is 0 Å². The first-order chi connectivity index (χ1) is 0. The van der Waals surface area contributed by atoms with Gasteiger partial charge in [-0.15, -0.1) is 0 Å². The largest absolute Gasteiger partial charge is 0.316 e. The summed E-state index contributed by atoms with van der Waals surface area (Å²) < 4.78 is 0. The molecule has 0 unspecified atom stereocenters. The van der Waals surface area contributed by atoms with Gasteiger partial charge in [0.1, 0.15) is 0 Å². The first kappa shape index (κ1) is 32.4. The Bertz CT molecular complexity index is 8.00. The summed E-state index contributed by atoms with van der Waals surface area (Å²) in [6, 6.07) is 0. The van der Waals surface area contributed by atoms with Crippen molar-refractivity contribution in [3.8, 4) is 0 Å². The molecule has 0 amide bonds. The summed E-state index contributed by atoms with van der Waals surface area (Å²) in [6.45, 7) is 0. The molecule has 4 heavy (non-hydrogen) atoms. The predicted octanol–water partition coefficient (Wildman–Crippen LogP) is -0.924. The summed E-state index contributed by atoms with van der Waals surface area (Å²) in [4.78, 5) is 0. The van der Waals surface area contributed by atoms with Crippen molar-refractivity contribution in [3.05, 3.63) is 0 Å². The van der Waals surface area contributed by atoms with Gasteiger partial charge in [0, 0.05) is 53.0 Å². The molecule has 0 saturated heterocycles. The van der Waals surface area contributed by atoms with Crippen molar-refractivity contribution >= 4 is 23.1 Å². The molecular weight excluding hydrogens is 182 g/mol. The maximum Gasteiger partial charge on any atom is 0.316 e. The van der Waals surface area contributed by atoms with Crippen LogP contribution in [0.15, 0.2) is 0 Å². The minimum Gasteiger partial charge on any atom is 0 e. The summed E-state index contributed by atoms with van der Waals surface area (Å²) in [5.41, 5.74) is 0. The van der Waals surface area contributed by atoms with Crippen LogP contribution in [-0.4, -0.2) is 23.1 Å². The molecule has 0 rings (SSSR count). The number of rotatable bonds is 0. The van der Waals surface area contributed by atoms with Gasteiger partial charge in [-0.05, 0) is 0 Å². The van der Waals surface area contributed by atoms with Gasteiger partial charge in [-0.1, -0.05) is 0 Å². The van der Waals surface area contributed by atoms with Crippen molar-refractivity contribution < 1.29 is 53.0 Å². The first-order valence-corrected chi connectivity index (χ1v) is 0. The van der Waals surface area contributed by atoms with E-state index in [1.54, 1.807) is 0 Å². The molecular formula is H2CrMgMnV. The van der Waals surface area contributed by atoms with Crippen LogP contribution in [-0.2, 0) is 53.0 Å². The van der Waals surface area contributed by atoms with Gasteiger partial charge in [0.05, 0.1) is 0 Å². The SMILES string of the molecule is [Cr].[MgH2].[Mn].[V]. The van der Waals surface area contributed by atoms with E-state index in [1.165, 1.54) is 0 Å². The number of hydrogen-bond acceptors (Lipinski definition) is 0. The average Bonchev–Trinajstić information content (AvgIpc) is 0. The Kier molecular flexibility index (Phi) is 147. The van der Waals surface area contributed by atoms with Crippen LogP contribution in [0.25, 0.3) is 0 Å². The van der Waals surface area contributed by atoms with E-state index >= 15 is 0 Å². The monoisotopic (exact) mass is 184 g/mol. The summed E-state index contributed by atoms with van der Waals surface area (Å²) in [5.74, 6) is 0. The zero-order valence-corrected chi connectivity index (χ0v) is 5.09. The minimum absolute atomic E-state index is 0. The van der Waals surface area contributed by atoms with E-state index in [2.05, 4.69) is 0 Å². The normalized spacial score (nSPS) is 0. The second-order valence-corrected chi connectivity index (χ2v) is 0. The van der Waals surface area contributed by atoms with Crippen molar-refractivity contribution in [1.82, 2.24) is 0 Å². The van der Waals surface area contributed by atoms with Crippen molar-refractivity contribution in [2.24, 2.45) is 0 Å². The second kappa shape index (κ2) is 18.1. The maximum atomic E-state index is 0. The molecule has 0 saturated carbocycles. The first-order valence-electron chi connectivity index (χ1n) is 0. The van der Waals surface area contributed by atoms with Crippen molar-refractivity contribution in [1.29, 1.82) is 0 Å². The van der Waals surface area contributed by atoms with Crippen molar-refractivity contribution in [3.63, 3.8) is 0 Å². The van der Waals surface area contributed by atoms with Crippen LogP contribution in [0.1, 0.15) is 0 Å². The van der Waals surface area contributed by atoms with Gasteiger partial charge in [-0.2, -0.15) is 0 Å². The third kappa shape index (κ3) is 8.83. The zero-order valence-electron chi connectivity index (χ0n) is 1.23. The van der Waals surface area contributed by atoms with Crippen LogP contribution in [0, 0.1) is 0 Å². The fraction of sp³-hybridized carbons (Fsp3) is 0. The Morgan fingerprint density at radius 2 is 1.00 bits per heavy atom. The molecule has 0 aliphatic heterocycles. The average molecular weight is 184 g/mol. The molecule has 0 aliphatic carbocycles. The molecule has 22 valence electrons. The third-order valence-electron chi connectivity index (χ3n) is 0. The van der Waals surface area contributed by atoms with E-state index in [-0.39, 0.29) is 76.0 Å². The van der Waals surface area contributed by atoms with Gasteiger partial charge in [0.2, 0.25) is 0 Å². The van der Waals surface area contributed by atoms with E-state index in [9.17, 15) is 0 Å². The fourth-order valence-electron chi connectivity index (χ4n) is 0. The quantitative estimate of drug-likeness (QED) is 0.427. The molecule has 4 heteroatoms. The third-order valence-corrected chi connectivity index (χ3v) is 0. The summed E-state index contributed by atoms with van der Waals surface area (Å²) in [5, 5.41) is 0. The smallest absolute Gasteiger partial charge is 0 e. The molecule has 0 fully saturated rings. The number of hydrogen-bond donors (Lipinski definition) is 0. The van der Waals surface area contributed by atoms with Gasteiger partial charge in [-0.3, -0.25) is 0 Å².